The smallest absolute Gasteiger partial charge is 0.240 e. The molecule has 4 nitrogen and oxygen atoms in total. The third kappa shape index (κ3) is 1.57. The fraction of sp³-hybridized carbons (Fsp3) is 0.467. The predicted octanol–water partition coefficient (Wildman–Crippen LogP) is 3.49. The van der Waals surface area contributed by atoms with Crippen LogP contribution >= 0.6 is 0 Å². The van der Waals surface area contributed by atoms with Crippen LogP contribution in [-0.2, 0) is 15.6 Å². The minimum atomic E-state index is -0.0000231. The van der Waals surface area contributed by atoms with Gasteiger partial charge in [0.2, 0.25) is 6.08 Å². The topological polar surface area (TPSA) is 58.1 Å². The van der Waals surface area contributed by atoms with Gasteiger partial charge >= 0.3 is 0 Å². The van der Waals surface area contributed by atoms with Gasteiger partial charge in [-0.3, -0.25) is 5.10 Å². The van der Waals surface area contributed by atoms with Gasteiger partial charge in [-0.05, 0) is 34.4 Å². The fourth-order valence-corrected chi connectivity index (χ4v) is 3.74. The van der Waals surface area contributed by atoms with Crippen LogP contribution in [0, 0.1) is 0 Å². The van der Waals surface area contributed by atoms with Gasteiger partial charge in [0.25, 0.3) is 0 Å². The molecule has 0 amide bonds. The molecule has 0 atom stereocenters. The lowest BCUT2D eigenvalue weighted by Gasteiger charge is -2.22. The second kappa shape index (κ2) is 3.55. The third-order valence-electron chi connectivity index (χ3n) is 4.17. The van der Waals surface area contributed by atoms with Crippen molar-refractivity contribution in [1.29, 1.82) is 0 Å². The van der Waals surface area contributed by atoms with E-state index in [0.29, 0.717) is 0 Å². The first kappa shape index (κ1) is 12.1. The van der Waals surface area contributed by atoms with E-state index in [-0.39, 0.29) is 10.8 Å². The van der Waals surface area contributed by atoms with E-state index >= 15 is 0 Å². The average molecular weight is 255 g/mol. The Balaban J connectivity index is 2.50. The molecule has 0 radical (unpaired) electrons. The third-order valence-corrected chi connectivity index (χ3v) is 4.17. The van der Waals surface area contributed by atoms with Crippen LogP contribution in [0.25, 0.3) is 10.9 Å². The summed E-state index contributed by atoms with van der Waals surface area (Å²) in [4.78, 5) is 14.8. The lowest BCUT2D eigenvalue weighted by atomic mass is 9.81. The first-order chi connectivity index (χ1) is 8.87. The minimum absolute atomic E-state index is 0.0000231. The largest absolute Gasteiger partial charge is 0.278 e. The van der Waals surface area contributed by atoms with Gasteiger partial charge in [-0.25, -0.2) is 4.79 Å². The molecule has 0 spiro atoms. The maximum absolute atomic E-state index is 10.8. The molecule has 0 aliphatic heterocycles. The molecular formula is C15H17N3O. The molecule has 19 heavy (non-hydrogen) atoms. The van der Waals surface area contributed by atoms with E-state index in [1.165, 1.54) is 5.56 Å². The standard InChI is InChI=1S/C15H17N3O/c1-14(2)7-15(3,4)12-10(14)5-11-9(6-17-18-11)13(12)16-8-19/h5-6H,7H2,1-4H3,(H,17,18). The molecule has 1 aliphatic rings. The van der Waals surface area contributed by atoms with Crippen molar-refractivity contribution in [2.24, 2.45) is 4.99 Å². The molecule has 0 bridgehead atoms. The van der Waals surface area contributed by atoms with Crippen molar-refractivity contribution in [2.45, 2.75) is 44.9 Å². The fourth-order valence-electron chi connectivity index (χ4n) is 3.74. The Morgan fingerprint density at radius 1 is 1.32 bits per heavy atom. The molecule has 0 saturated carbocycles. The maximum atomic E-state index is 10.8. The Bertz CT molecular complexity index is 718. The Hall–Kier alpha value is -1.93. The molecule has 1 N–H and O–H groups in total. The molecule has 1 aromatic heterocycles. The molecule has 1 aliphatic carbocycles. The number of hydrogen-bond donors (Lipinski definition) is 1. The van der Waals surface area contributed by atoms with Crippen LogP contribution in [0.15, 0.2) is 17.3 Å². The second-order valence-corrected chi connectivity index (χ2v) is 6.63. The number of H-pyrrole nitrogens is 1. The first-order valence-electron chi connectivity index (χ1n) is 6.46. The number of nitrogens with zero attached hydrogens (tertiary/aromatic N) is 2. The number of carbonyl (C=O) groups excluding carboxylic acids is 1. The average Bonchev–Trinajstić information content (AvgIpc) is 2.80. The van der Waals surface area contributed by atoms with E-state index in [4.69, 9.17) is 0 Å². The van der Waals surface area contributed by atoms with Crippen molar-refractivity contribution in [3.63, 3.8) is 0 Å². The molecule has 0 unspecified atom stereocenters. The van der Waals surface area contributed by atoms with E-state index in [1.807, 2.05) is 0 Å². The number of benzene rings is 1. The Labute approximate surface area is 111 Å². The van der Waals surface area contributed by atoms with Crippen LogP contribution in [0.4, 0.5) is 5.69 Å². The van der Waals surface area contributed by atoms with Crippen LogP contribution in [0.3, 0.4) is 0 Å². The Morgan fingerprint density at radius 3 is 2.74 bits per heavy atom. The van der Waals surface area contributed by atoms with Crippen LogP contribution in [0.2, 0.25) is 0 Å². The van der Waals surface area contributed by atoms with E-state index in [9.17, 15) is 4.79 Å². The molecule has 98 valence electrons. The van der Waals surface area contributed by atoms with Crippen molar-refractivity contribution in [3.8, 4) is 0 Å². The van der Waals surface area contributed by atoms with Gasteiger partial charge in [-0.1, -0.05) is 27.7 Å². The molecule has 2 aromatic rings. The van der Waals surface area contributed by atoms with E-state index in [1.54, 1.807) is 12.3 Å². The molecule has 4 heteroatoms. The van der Waals surface area contributed by atoms with Crippen LogP contribution in [-0.4, -0.2) is 16.3 Å². The number of rotatable bonds is 1. The van der Waals surface area contributed by atoms with Gasteiger partial charge in [0.1, 0.15) is 0 Å². The zero-order valence-corrected chi connectivity index (χ0v) is 11.7. The quantitative estimate of drug-likeness (QED) is 0.626. The summed E-state index contributed by atoms with van der Waals surface area (Å²) in [6.07, 6.45) is 4.46. The predicted molar refractivity (Wildman–Crippen MR) is 74.5 cm³/mol. The van der Waals surface area contributed by atoms with Gasteiger partial charge in [0, 0.05) is 5.39 Å². The molecule has 1 heterocycles. The number of aromatic nitrogens is 2. The highest BCUT2D eigenvalue weighted by atomic mass is 16.1. The van der Waals surface area contributed by atoms with Gasteiger partial charge in [-0.15, -0.1) is 0 Å². The zero-order chi connectivity index (χ0) is 13.8. The summed E-state index contributed by atoms with van der Waals surface area (Å²) < 4.78 is 0. The van der Waals surface area contributed by atoms with Gasteiger partial charge in [0.05, 0.1) is 17.4 Å². The van der Waals surface area contributed by atoms with Gasteiger partial charge in [0.15, 0.2) is 0 Å². The summed E-state index contributed by atoms with van der Waals surface area (Å²) in [6.45, 7) is 8.88. The van der Waals surface area contributed by atoms with Gasteiger partial charge < -0.3 is 0 Å². The highest BCUT2D eigenvalue weighted by molar-refractivity contribution is 5.94. The lowest BCUT2D eigenvalue weighted by molar-refractivity contribution is 0.403. The zero-order valence-electron chi connectivity index (χ0n) is 11.7. The Kier molecular flexibility index (Phi) is 2.26. The number of fused-ring (bicyclic) bond motifs is 2. The van der Waals surface area contributed by atoms with Crippen LogP contribution in [0.1, 0.15) is 45.2 Å². The molecular weight excluding hydrogens is 238 g/mol. The Morgan fingerprint density at radius 2 is 2.05 bits per heavy atom. The monoisotopic (exact) mass is 255 g/mol. The van der Waals surface area contributed by atoms with Crippen molar-refractivity contribution in [1.82, 2.24) is 10.2 Å². The van der Waals surface area contributed by atoms with Crippen molar-refractivity contribution >= 4 is 22.7 Å². The van der Waals surface area contributed by atoms with Crippen molar-refractivity contribution in [3.05, 3.63) is 23.4 Å². The van der Waals surface area contributed by atoms with E-state index < -0.39 is 0 Å². The van der Waals surface area contributed by atoms with Crippen molar-refractivity contribution in [2.75, 3.05) is 0 Å². The number of isocyanates is 1. The number of hydrogen-bond acceptors (Lipinski definition) is 3. The van der Waals surface area contributed by atoms with Crippen molar-refractivity contribution < 1.29 is 4.79 Å². The highest BCUT2D eigenvalue weighted by Gasteiger charge is 2.44. The summed E-state index contributed by atoms with van der Waals surface area (Å²) in [5.74, 6) is 0. The first-order valence-corrected chi connectivity index (χ1v) is 6.46. The molecule has 1 aromatic carbocycles. The lowest BCUT2D eigenvalue weighted by Crippen LogP contribution is -2.18. The molecule has 3 rings (SSSR count). The minimum Gasteiger partial charge on any atom is -0.278 e. The van der Waals surface area contributed by atoms with E-state index in [2.05, 4.69) is 49.0 Å². The highest BCUT2D eigenvalue weighted by Crippen LogP contribution is 2.54. The summed E-state index contributed by atoms with van der Waals surface area (Å²) in [5, 5.41) is 7.94. The van der Waals surface area contributed by atoms with Crippen LogP contribution in [0.5, 0.6) is 0 Å². The van der Waals surface area contributed by atoms with Gasteiger partial charge in [-0.2, -0.15) is 10.1 Å². The summed E-state index contributed by atoms with van der Waals surface area (Å²) in [5.41, 5.74) is 4.15. The molecule has 0 saturated heterocycles. The van der Waals surface area contributed by atoms with E-state index in [0.717, 1.165) is 28.6 Å². The number of aliphatic imine (C=N–C) groups is 1. The SMILES string of the molecule is CC1(C)CC(C)(C)c2c1cc1[nH]ncc1c2N=C=O. The van der Waals surface area contributed by atoms with Crippen LogP contribution < -0.4 is 0 Å². The summed E-state index contributed by atoms with van der Waals surface area (Å²) >= 11 is 0. The summed E-state index contributed by atoms with van der Waals surface area (Å²) in [6, 6.07) is 2.15. The second-order valence-electron chi connectivity index (χ2n) is 6.63. The molecule has 0 fully saturated rings. The maximum Gasteiger partial charge on any atom is 0.240 e. The summed E-state index contributed by atoms with van der Waals surface area (Å²) in [7, 11) is 0. The number of aromatic amines is 1. The normalized spacial score (nSPS) is 19.2. The number of nitrogens with one attached hydrogen (secondary N) is 1.